The van der Waals surface area contributed by atoms with Crippen LogP contribution in [-0.2, 0) is 4.74 Å². The van der Waals surface area contributed by atoms with E-state index >= 15 is 0 Å². The van der Waals surface area contributed by atoms with Crippen molar-refractivity contribution in [2.45, 2.75) is 38.6 Å². The Labute approximate surface area is 111 Å². The zero-order valence-corrected chi connectivity index (χ0v) is 12.0. The molecule has 0 radical (unpaired) electrons. The third-order valence-electron chi connectivity index (χ3n) is 4.25. The van der Waals surface area contributed by atoms with Crippen LogP contribution in [0.4, 0.5) is 0 Å². The molecule has 108 valence electrons. The van der Waals surface area contributed by atoms with Gasteiger partial charge in [-0.1, -0.05) is 13.3 Å². The molecule has 0 saturated heterocycles. The number of hydrogen-bond acceptors (Lipinski definition) is 4. The molecule has 1 saturated carbocycles. The summed E-state index contributed by atoms with van der Waals surface area (Å²) in [7, 11) is 1.72. The number of nitrogens with zero attached hydrogens (tertiary/aromatic N) is 1. The molecular formula is C14H30N2O2. The first-order chi connectivity index (χ1) is 8.71. The van der Waals surface area contributed by atoms with Crippen molar-refractivity contribution < 1.29 is 9.84 Å². The number of hydrogen-bond donors (Lipinski definition) is 2. The maximum absolute atomic E-state index is 9.12. The zero-order chi connectivity index (χ0) is 13.4. The van der Waals surface area contributed by atoms with Crippen LogP contribution in [0.25, 0.3) is 0 Å². The molecule has 0 aromatic carbocycles. The minimum atomic E-state index is 0.211. The van der Waals surface area contributed by atoms with Crippen molar-refractivity contribution in [2.24, 2.45) is 17.6 Å². The molecule has 0 spiro atoms. The van der Waals surface area contributed by atoms with Gasteiger partial charge in [0.25, 0.3) is 0 Å². The average Bonchev–Trinajstić information content (AvgIpc) is 2.38. The van der Waals surface area contributed by atoms with Crippen LogP contribution in [0.2, 0.25) is 0 Å². The standard InChI is InChI=1S/C14H30N2O2/c1-3-12-4-5-14(15)13(10-12)11-16(6-8-17)7-9-18-2/h12-14,17H,3-11,15H2,1-2H3. The van der Waals surface area contributed by atoms with E-state index in [1.807, 2.05) is 0 Å². The van der Waals surface area contributed by atoms with Gasteiger partial charge in [0, 0.05) is 32.8 Å². The van der Waals surface area contributed by atoms with Crippen LogP contribution in [0.1, 0.15) is 32.6 Å². The first kappa shape index (κ1) is 15.9. The van der Waals surface area contributed by atoms with Gasteiger partial charge in [-0.2, -0.15) is 0 Å². The number of aliphatic hydroxyl groups excluding tert-OH is 1. The highest BCUT2D eigenvalue weighted by atomic mass is 16.5. The van der Waals surface area contributed by atoms with E-state index in [2.05, 4.69) is 11.8 Å². The monoisotopic (exact) mass is 258 g/mol. The van der Waals surface area contributed by atoms with E-state index in [0.29, 0.717) is 12.0 Å². The largest absolute Gasteiger partial charge is 0.395 e. The van der Waals surface area contributed by atoms with E-state index in [9.17, 15) is 0 Å². The molecule has 1 aliphatic rings. The third kappa shape index (κ3) is 5.22. The minimum absolute atomic E-state index is 0.211. The van der Waals surface area contributed by atoms with Gasteiger partial charge in [0.1, 0.15) is 0 Å². The van der Waals surface area contributed by atoms with Gasteiger partial charge < -0.3 is 15.6 Å². The lowest BCUT2D eigenvalue weighted by atomic mass is 9.77. The summed E-state index contributed by atoms with van der Waals surface area (Å²) in [5.41, 5.74) is 6.25. The van der Waals surface area contributed by atoms with E-state index < -0.39 is 0 Å². The molecule has 1 rings (SSSR count). The smallest absolute Gasteiger partial charge is 0.0589 e. The molecule has 4 heteroatoms. The molecule has 0 aromatic rings. The molecule has 0 heterocycles. The van der Waals surface area contributed by atoms with Gasteiger partial charge in [0.15, 0.2) is 0 Å². The van der Waals surface area contributed by atoms with Gasteiger partial charge >= 0.3 is 0 Å². The van der Waals surface area contributed by atoms with Crippen LogP contribution in [0.15, 0.2) is 0 Å². The number of nitrogens with two attached hydrogens (primary N) is 1. The van der Waals surface area contributed by atoms with Gasteiger partial charge in [-0.3, -0.25) is 4.90 Å². The van der Waals surface area contributed by atoms with Gasteiger partial charge in [-0.15, -0.1) is 0 Å². The van der Waals surface area contributed by atoms with Gasteiger partial charge in [0.2, 0.25) is 0 Å². The van der Waals surface area contributed by atoms with Crippen LogP contribution in [0, 0.1) is 11.8 Å². The van der Waals surface area contributed by atoms with E-state index in [1.165, 1.54) is 19.3 Å². The molecule has 0 aliphatic heterocycles. The fraction of sp³-hybridized carbons (Fsp3) is 1.00. The van der Waals surface area contributed by atoms with Crippen molar-refractivity contribution in [3.05, 3.63) is 0 Å². The maximum Gasteiger partial charge on any atom is 0.0589 e. The molecule has 1 aliphatic carbocycles. The molecule has 0 aromatic heterocycles. The lowest BCUT2D eigenvalue weighted by Gasteiger charge is -2.37. The Balaban J connectivity index is 2.43. The second-order valence-electron chi connectivity index (χ2n) is 5.53. The molecule has 0 bridgehead atoms. The van der Waals surface area contributed by atoms with E-state index in [4.69, 9.17) is 15.6 Å². The Morgan fingerprint density at radius 3 is 2.72 bits per heavy atom. The van der Waals surface area contributed by atoms with E-state index in [-0.39, 0.29) is 6.61 Å². The Hall–Kier alpha value is -0.160. The second-order valence-corrected chi connectivity index (χ2v) is 5.53. The summed E-state index contributed by atoms with van der Waals surface area (Å²) < 4.78 is 5.12. The third-order valence-corrected chi connectivity index (χ3v) is 4.25. The Bertz CT molecular complexity index is 214. The lowest BCUT2D eigenvalue weighted by molar-refractivity contribution is 0.0992. The summed E-state index contributed by atoms with van der Waals surface area (Å²) in [6.45, 7) is 5.82. The van der Waals surface area contributed by atoms with Crippen LogP contribution >= 0.6 is 0 Å². The fourth-order valence-electron chi connectivity index (χ4n) is 2.95. The molecule has 3 atom stereocenters. The minimum Gasteiger partial charge on any atom is -0.395 e. The average molecular weight is 258 g/mol. The summed E-state index contributed by atoms with van der Waals surface area (Å²) in [5, 5.41) is 9.12. The molecule has 18 heavy (non-hydrogen) atoms. The predicted molar refractivity (Wildman–Crippen MR) is 74.5 cm³/mol. The van der Waals surface area contributed by atoms with E-state index in [0.717, 1.165) is 38.6 Å². The number of methoxy groups -OCH3 is 1. The maximum atomic E-state index is 9.12. The summed E-state index contributed by atoms with van der Waals surface area (Å²) in [6, 6.07) is 0.330. The summed E-state index contributed by atoms with van der Waals surface area (Å²) in [4.78, 5) is 2.28. The van der Waals surface area contributed by atoms with Crippen LogP contribution in [-0.4, -0.2) is 56.0 Å². The van der Waals surface area contributed by atoms with Crippen LogP contribution < -0.4 is 5.73 Å². The normalized spacial score (nSPS) is 28.8. The highest BCUT2D eigenvalue weighted by Crippen LogP contribution is 2.30. The highest BCUT2D eigenvalue weighted by Gasteiger charge is 2.28. The second kappa shape index (κ2) is 8.86. The van der Waals surface area contributed by atoms with Gasteiger partial charge in [0.05, 0.1) is 13.2 Å². The predicted octanol–water partition coefficient (Wildman–Crippen LogP) is 1.08. The summed E-state index contributed by atoms with van der Waals surface area (Å²) in [5.74, 6) is 1.42. The molecule has 1 fully saturated rings. The highest BCUT2D eigenvalue weighted by molar-refractivity contribution is 4.84. The molecule has 0 amide bonds. The number of aliphatic hydroxyl groups is 1. The Morgan fingerprint density at radius 2 is 2.11 bits per heavy atom. The first-order valence-electron chi connectivity index (χ1n) is 7.29. The topological polar surface area (TPSA) is 58.7 Å². The van der Waals surface area contributed by atoms with Crippen molar-refractivity contribution in [1.82, 2.24) is 4.90 Å². The molecule has 3 N–H and O–H groups in total. The molecule has 4 nitrogen and oxygen atoms in total. The number of rotatable bonds is 8. The lowest BCUT2D eigenvalue weighted by Crippen LogP contribution is -2.44. The number of ether oxygens (including phenoxy) is 1. The van der Waals surface area contributed by atoms with Crippen molar-refractivity contribution in [2.75, 3.05) is 40.0 Å². The Kier molecular flexibility index (Phi) is 7.82. The Morgan fingerprint density at radius 1 is 1.33 bits per heavy atom. The zero-order valence-electron chi connectivity index (χ0n) is 12.0. The molecular weight excluding hydrogens is 228 g/mol. The van der Waals surface area contributed by atoms with Crippen molar-refractivity contribution in [3.8, 4) is 0 Å². The molecule has 3 unspecified atom stereocenters. The first-order valence-corrected chi connectivity index (χ1v) is 7.29. The summed E-state index contributed by atoms with van der Waals surface area (Å²) >= 11 is 0. The van der Waals surface area contributed by atoms with Crippen molar-refractivity contribution in [1.29, 1.82) is 0 Å². The quantitative estimate of drug-likeness (QED) is 0.684. The van der Waals surface area contributed by atoms with Gasteiger partial charge in [-0.25, -0.2) is 0 Å². The summed E-state index contributed by atoms with van der Waals surface area (Å²) in [6.07, 6.45) is 4.94. The van der Waals surface area contributed by atoms with E-state index in [1.54, 1.807) is 7.11 Å². The van der Waals surface area contributed by atoms with Crippen LogP contribution in [0.5, 0.6) is 0 Å². The van der Waals surface area contributed by atoms with Crippen LogP contribution in [0.3, 0.4) is 0 Å². The van der Waals surface area contributed by atoms with Crippen molar-refractivity contribution >= 4 is 0 Å². The SMILES string of the molecule is CCC1CCC(N)C(CN(CCO)CCOC)C1. The van der Waals surface area contributed by atoms with Gasteiger partial charge in [-0.05, 0) is 31.1 Å². The van der Waals surface area contributed by atoms with Crippen molar-refractivity contribution in [3.63, 3.8) is 0 Å². The fourth-order valence-corrected chi connectivity index (χ4v) is 2.95.